The van der Waals surface area contributed by atoms with Crippen molar-refractivity contribution in [3.8, 4) is 17.7 Å². The molecule has 0 spiro atoms. The molecule has 36 heteroatoms. The van der Waals surface area contributed by atoms with Gasteiger partial charge >= 0.3 is 0 Å². The zero-order valence-corrected chi connectivity index (χ0v) is 47.0. The van der Waals surface area contributed by atoms with Crippen LogP contribution in [0.4, 0.5) is 33.6 Å². The van der Waals surface area contributed by atoms with E-state index in [0.717, 1.165) is 57.8 Å². The molecule has 7 N–H and O–H groups in total. The highest BCUT2D eigenvalue weighted by molar-refractivity contribution is 7.99. The van der Waals surface area contributed by atoms with Crippen LogP contribution < -0.4 is 4.74 Å². The molecule has 3 heterocycles. The van der Waals surface area contributed by atoms with Crippen LogP contribution in [0.3, 0.4) is 0 Å². The number of benzene rings is 5. The predicted molar refractivity (Wildman–Crippen MR) is 290 cm³/mol. The number of rotatable bonds is 20. The Bertz CT molecular complexity index is 4640. The minimum absolute atomic E-state index is 0.0131. The van der Waals surface area contributed by atoms with E-state index in [-0.39, 0.29) is 129 Å². The van der Waals surface area contributed by atoms with E-state index >= 15 is 0 Å². The summed E-state index contributed by atoms with van der Waals surface area (Å²) in [5.41, 5.74) is -1.19. The lowest BCUT2D eigenvalue weighted by atomic mass is 10.1. The fourth-order valence-electron chi connectivity index (χ4n) is 7.77. The monoisotopic (exact) mass is 1250 g/mol. The highest BCUT2D eigenvalue weighted by Crippen LogP contribution is 2.45. The Hall–Kier alpha value is -6.76. The van der Waals surface area contributed by atoms with E-state index in [9.17, 15) is 80.3 Å². The van der Waals surface area contributed by atoms with E-state index in [4.69, 9.17) is 16.3 Å². The van der Waals surface area contributed by atoms with Gasteiger partial charge < -0.3 is 14.9 Å². The van der Waals surface area contributed by atoms with Gasteiger partial charge in [0, 0.05) is 27.5 Å². The largest absolute Gasteiger partial charge is 0.493 e. The fraction of sp³-hybridized carbons (Fsp3) is 0.205. The molecule has 0 aliphatic carbocycles. The molecule has 80 heavy (non-hydrogen) atoms. The van der Waals surface area contributed by atoms with E-state index in [1.165, 1.54) is 37.3 Å². The van der Waals surface area contributed by atoms with E-state index in [2.05, 4.69) is 40.7 Å². The van der Waals surface area contributed by atoms with Crippen molar-refractivity contribution in [2.75, 3.05) is 23.9 Å². The van der Waals surface area contributed by atoms with Gasteiger partial charge in [-0.2, -0.15) is 52.5 Å². The molecular formula is C44H37ClN10O18S7. The van der Waals surface area contributed by atoms with Crippen LogP contribution in [-0.4, -0.2) is 113 Å². The molecule has 0 bridgehead atoms. The zero-order valence-electron chi connectivity index (χ0n) is 40.6. The number of nitriles is 1. The first-order chi connectivity index (χ1) is 37.4. The maximum absolute atomic E-state index is 12.5. The van der Waals surface area contributed by atoms with Gasteiger partial charge in [-0.05, 0) is 91.9 Å². The Morgan fingerprint density at radius 2 is 1.39 bits per heavy atom. The summed E-state index contributed by atoms with van der Waals surface area (Å²) < 4.78 is 175. The molecule has 28 nitrogen and oxygen atoms in total. The van der Waals surface area contributed by atoms with Crippen LogP contribution >= 0.6 is 34.7 Å². The first-order valence-corrected chi connectivity index (χ1v) is 32.0. The molecule has 0 aliphatic rings. The second kappa shape index (κ2) is 22.6. The quantitative estimate of drug-likeness (QED) is 0.0161. The number of aryl methyl sites for hydroxylation is 1. The third-order valence-electron chi connectivity index (χ3n) is 11.4. The van der Waals surface area contributed by atoms with E-state index < -0.39 is 89.3 Å². The third-order valence-corrected chi connectivity index (χ3v) is 18.1. The van der Waals surface area contributed by atoms with E-state index in [1.807, 2.05) is 6.07 Å². The minimum Gasteiger partial charge on any atom is -0.493 e. The van der Waals surface area contributed by atoms with Gasteiger partial charge in [0.15, 0.2) is 11.3 Å². The third kappa shape index (κ3) is 13.0. The number of thioether (sulfide) groups is 1. The lowest BCUT2D eigenvalue weighted by Gasteiger charge is -2.12. The Morgan fingerprint density at radius 1 is 0.725 bits per heavy atom. The maximum atomic E-state index is 12.5. The molecule has 8 aromatic rings. The molecule has 3 aromatic heterocycles. The molecule has 0 atom stereocenters. The summed E-state index contributed by atoms with van der Waals surface area (Å²) in [7, 11) is -23.3. The molecule has 0 saturated heterocycles. The summed E-state index contributed by atoms with van der Waals surface area (Å²) >= 11 is 8.20. The first kappa shape index (κ1) is 59.4. The molecule has 0 unspecified atom stereocenters. The highest BCUT2D eigenvalue weighted by Gasteiger charge is 2.27. The number of imidazole rings is 1. The van der Waals surface area contributed by atoms with Crippen molar-refractivity contribution >= 4 is 157 Å². The topological polar surface area (TPSA) is 450 Å². The van der Waals surface area contributed by atoms with E-state index in [1.54, 1.807) is 6.92 Å². The summed E-state index contributed by atoms with van der Waals surface area (Å²) in [5, 5.41) is 58.0. The van der Waals surface area contributed by atoms with Gasteiger partial charge in [-0.1, -0.05) is 29.0 Å². The van der Waals surface area contributed by atoms with Gasteiger partial charge in [-0.15, -0.1) is 37.3 Å². The van der Waals surface area contributed by atoms with Crippen molar-refractivity contribution in [3.63, 3.8) is 0 Å². The molecule has 0 amide bonds. The Kier molecular flexibility index (Phi) is 16.8. The molecule has 0 aliphatic heterocycles. The summed E-state index contributed by atoms with van der Waals surface area (Å²) in [6.45, 7) is 1.92. The number of aliphatic hydroxyl groups is 1. The SMILES string of the molecule is Cc1cc(N=Nc2c(C)c(C#N)c3nc4c(S(=O)(=O)O)ccc(Cl)c4n3c2O)c(OCCCS(=O)(=O)O)cc1N=Nc1cc(CO)c(N=Nc2nc3c(S(=O)(=O)O)cc4ccc(S(=O)(=O)O)cc4c3s2)cc1SCCCS(=O)(=O)O. The molecule has 0 fully saturated rings. The molecule has 420 valence electrons. The standard InChI is InChI=1S/C44H37ClN10O18S7/c1-21-13-31(51-53-37-22(2)27(19-46)42-47-38-35(79(67,68)69)8-7-28(45)40(38)55(42)43(37)57)33(73-9-3-11-76(58,59)60)17-29(21)49-52-32-14-24(20-56)30(18-34(32)74-10-4-12-77(61,62)63)50-54-44-48-39-36(80(70,71)72)15-23-5-6-25(78(64,65)66)16-26(23)41(39)75-44/h5-8,13-18,56-57H,3-4,9-12,20H2,1-2H3,(H,58,59,60)(H,61,62,63)(H,64,65,66)(H,67,68,69)(H,70,71,72). The van der Waals surface area contributed by atoms with Gasteiger partial charge in [0.05, 0.1) is 61.9 Å². The van der Waals surface area contributed by atoms with E-state index in [0.29, 0.717) is 5.56 Å². The van der Waals surface area contributed by atoms with Crippen LogP contribution in [0, 0.1) is 25.2 Å². The smallest absolute Gasteiger partial charge is 0.296 e. The van der Waals surface area contributed by atoms with Crippen LogP contribution in [0.5, 0.6) is 11.6 Å². The van der Waals surface area contributed by atoms with Crippen molar-refractivity contribution in [1.82, 2.24) is 14.4 Å². The summed E-state index contributed by atoms with van der Waals surface area (Å²) in [6.07, 6.45) is -0.292. The van der Waals surface area contributed by atoms with Crippen molar-refractivity contribution in [3.05, 3.63) is 87.9 Å². The summed E-state index contributed by atoms with van der Waals surface area (Å²) in [6, 6.07) is 13.9. The van der Waals surface area contributed by atoms with Crippen molar-refractivity contribution < 1.29 is 79.8 Å². The van der Waals surface area contributed by atoms with Crippen LogP contribution in [0.2, 0.25) is 5.02 Å². The van der Waals surface area contributed by atoms with Gasteiger partial charge in [0.25, 0.3) is 50.6 Å². The maximum Gasteiger partial charge on any atom is 0.296 e. The number of pyridine rings is 1. The van der Waals surface area contributed by atoms with Gasteiger partial charge in [0.1, 0.15) is 43.9 Å². The average molecular weight is 1250 g/mol. The van der Waals surface area contributed by atoms with Crippen LogP contribution in [-0.2, 0) is 57.2 Å². The number of fused-ring (bicyclic) bond motifs is 6. The number of halogens is 1. The van der Waals surface area contributed by atoms with Crippen molar-refractivity contribution in [2.24, 2.45) is 30.7 Å². The van der Waals surface area contributed by atoms with Gasteiger partial charge in [-0.3, -0.25) is 27.2 Å². The zero-order chi connectivity index (χ0) is 58.4. The Balaban J connectivity index is 1.20. The van der Waals surface area contributed by atoms with Gasteiger partial charge in [-0.25, -0.2) is 9.97 Å². The fourth-order valence-corrected chi connectivity index (χ4v) is 12.9. The highest BCUT2D eigenvalue weighted by atomic mass is 35.5. The average Bonchev–Trinajstić information content (AvgIpc) is 4.20. The summed E-state index contributed by atoms with van der Waals surface area (Å²) in [5.74, 6) is -2.09. The number of ether oxygens (including phenoxy) is 1. The minimum atomic E-state index is -4.92. The Labute approximate surface area is 465 Å². The number of hydrogen-bond acceptors (Lipinski definition) is 24. The molecule has 8 rings (SSSR count). The molecule has 0 saturated carbocycles. The van der Waals surface area contributed by atoms with Crippen molar-refractivity contribution in [1.29, 1.82) is 5.26 Å². The number of thiazole rings is 1. The molecule has 0 radical (unpaired) electrons. The van der Waals surface area contributed by atoms with Crippen molar-refractivity contribution in [2.45, 2.75) is 52.9 Å². The summed E-state index contributed by atoms with van der Waals surface area (Å²) in [4.78, 5) is 6.85. The second-order valence-corrected chi connectivity index (χ2v) is 26.8. The van der Waals surface area contributed by atoms with Crippen LogP contribution in [0.15, 0.2) is 111 Å². The predicted octanol–water partition coefficient (Wildman–Crippen LogP) is 9.60. The Morgan fingerprint density at radius 3 is 2.04 bits per heavy atom. The number of aromatic hydroxyl groups is 1. The first-order valence-electron chi connectivity index (χ1n) is 22.3. The second-order valence-electron chi connectivity index (χ2n) is 16.9. The normalized spacial score (nSPS) is 13.1. The lowest BCUT2D eigenvalue weighted by Crippen LogP contribution is -2.08. The number of nitrogens with zero attached hydrogens (tertiary/aromatic N) is 10. The van der Waals surface area contributed by atoms with Crippen LogP contribution in [0.25, 0.3) is 37.7 Å². The number of aromatic nitrogens is 3. The van der Waals surface area contributed by atoms with Crippen LogP contribution in [0.1, 0.15) is 35.1 Å². The number of azo groups is 3. The number of aliphatic hydroxyl groups excluding tert-OH is 1. The lowest BCUT2D eigenvalue weighted by molar-refractivity contribution is 0.282. The molecule has 5 aromatic carbocycles. The number of hydrogen-bond donors (Lipinski definition) is 7. The van der Waals surface area contributed by atoms with Gasteiger partial charge in [0.2, 0.25) is 11.0 Å². The molecular weight excluding hydrogens is 1220 g/mol.